The second-order valence-electron chi connectivity index (χ2n) is 5.25. The molecule has 110 valence electrons. The van der Waals surface area contributed by atoms with E-state index in [1.54, 1.807) is 11.3 Å². The molecule has 5 heteroatoms. The summed E-state index contributed by atoms with van der Waals surface area (Å²) in [6.45, 7) is 3.77. The van der Waals surface area contributed by atoms with Crippen molar-refractivity contribution in [2.75, 3.05) is 11.9 Å². The first kappa shape index (κ1) is 14.1. The third-order valence-electron chi connectivity index (χ3n) is 3.70. The maximum atomic E-state index is 11.9. The number of carbonyl (C=O) groups is 2. The van der Waals surface area contributed by atoms with E-state index in [2.05, 4.69) is 5.32 Å². The van der Waals surface area contributed by atoms with Crippen LogP contribution in [-0.4, -0.2) is 18.5 Å². The lowest BCUT2D eigenvalue weighted by atomic mass is 10.1. The molecule has 1 aliphatic carbocycles. The summed E-state index contributed by atoms with van der Waals surface area (Å²) in [5, 5.41) is 3.99. The number of hydrogen-bond donors (Lipinski definition) is 1. The summed E-state index contributed by atoms with van der Waals surface area (Å²) in [6, 6.07) is 5.94. The van der Waals surface area contributed by atoms with Crippen LogP contribution in [0.3, 0.4) is 0 Å². The van der Waals surface area contributed by atoms with Gasteiger partial charge in [-0.05, 0) is 42.8 Å². The van der Waals surface area contributed by atoms with Gasteiger partial charge in [0.25, 0.3) is 0 Å². The zero-order valence-corrected chi connectivity index (χ0v) is 12.9. The fraction of sp³-hybridized carbons (Fsp3) is 0.375. The van der Waals surface area contributed by atoms with E-state index in [4.69, 9.17) is 4.74 Å². The Morgan fingerprint density at radius 1 is 1.38 bits per heavy atom. The first-order valence-corrected chi connectivity index (χ1v) is 7.88. The third kappa shape index (κ3) is 2.65. The number of ether oxygens (including phenoxy) is 1. The highest BCUT2D eigenvalue weighted by Gasteiger charge is 2.31. The van der Waals surface area contributed by atoms with Crippen LogP contribution in [0.1, 0.15) is 24.3 Å². The number of rotatable bonds is 3. The second kappa shape index (κ2) is 5.48. The molecule has 0 radical (unpaired) electrons. The molecular formula is C16H17NO3S. The van der Waals surface area contributed by atoms with Gasteiger partial charge in [0.1, 0.15) is 0 Å². The van der Waals surface area contributed by atoms with Crippen LogP contribution in [0, 0.1) is 5.92 Å². The lowest BCUT2D eigenvalue weighted by molar-refractivity contribution is -0.147. The number of benzene rings is 1. The summed E-state index contributed by atoms with van der Waals surface area (Å²) >= 11 is 1.71. The summed E-state index contributed by atoms with van der Waals surface area (Å²) in [4.78, 5) is 24.2. The Kier molecular flexibility index (Phi) is 3.68. The molecule has 0 fully saturated rings. The Morgan fingerprint density at radius 3 is 2.90 bits per heavy atom. The van der Waals surface area contributed by atoms with Crippen molar-refractivity contribution in [3.8, 4) is 0 Å². The molecule has 1 heterocycles. The molecule has 3 rings (SSSR count). The monoisotopic (exact) mass is 303 g/mol. The van der Waals surface area contributed by atoms with E-state index < -0.39 is 0 Å². The SMILES string of the molecule is CCOC(=O)C1Cc2sc3cc(NC(C)=O)ccc3c2C1. The lowest BCUT2D eigenvalue weighted by Crippen LogP contribution is -2.17. The predicted molar refractivity (Wildman–Crippen MR) is 83.7 cm³/mol. The molecule has 21 heavy (non-hydrogen) atoms. The van der Waals surface area contributed by atoms with Gasteiger partial charge < -0.3 is 10.1 Å². The maximum Gasteiger partial charge on any atom is 0.309 e. The van der Waals surface area contributed by atoms with Crippen molar-refractivity contribution in [2.24, 2.45) is 5.92 Å². The molecule has 0 saturated carbocycles. The van der Waals surface area contributed by atoms with Gasteiger partial charge in [-0.2, -0.15) is 0 Å². The highest BCUT2D eigenvalue weighted by atomic mass is 32.1. The lowest BCUT2D eigenvalue weighted by Gasteiger charge is -2.08. The summed E-state index contributed by atoms with van der Waals surface area (Å²) < 4.78 is 6.28. The number of fused-ring (bicyclic) bond motifs is 3. The third-order valence-corrected chi connectivity index (χ3v) is 4.92. The number of amides is 1. The molecule has 1 N–H and O–H groups in total. The first-order valence-electron chi connectivity index (χ1n) is 7.07. The summed E-state index contributed by atoms with van der Waals surface area (Å²) in [5.74, 6) is -0.199. The number of anilines is 1. The van der Waals surface area contributed by atoms with Gasteiger partial charge in [0.05, 0.1) is 12.5 Å². The number of esters is 1. The van der Waals surface area contributed by atoms with Crippen LogP contribution in [0.25, 0.3) is 10.1 Å². The fourth-order valence-corrected chi connectivity index (χ4v) is 4.19. The molecule has 1 unspecified atom stereocenters. The molecule has 2 aromatic rings. The van der Waals surface area contributed by atoms with Crippen LogP contribution in [0.2, 0.25) is 0 Å². The highest BCUT2D eigenvalue weighted by Crippen LogP contribution is 2.40. The summed E-state index contributed by atoms with van der Waals surface area (Å²) in [6.07, 6.45) is 1.52. The quantitative estimate of drug-likeness (QED) is 0.886. The number of carbonyl (C=O) groups excluding carboxylic acids is 2. The maximum absolute atomic E-state index is 11.9. The molecule has 0 spiro atoms. The van der Waals surface area contributed by atoms with E-state index in [0.29, 0.717) is 6.61 Å². The van der Waals surface area contributed by atoms with Crippen molar-refractivity contribution in [3.63, 3.8) is 0 Å². The van der Waals surface area contributed by atoms with Crippen LogP contribution in [-0.2, 0) is 27.2 Å². The predicted octanol–water partition coefficient (Wildman–Crippen LogP) is 3.14. The standard InChI is InChI=1S/C16H17NO3S/c1-3-20-16(19)10-6-13-12-5-4-11(17-9(2)18)8-15(12)21-14(13)7-10/h4-5,8,10H,3,6-7H2,1-2H3,(H,17,18). The average Bonchev–Trinajstić information content (AvgIpc) is 2.95. The Hall–Kier alpha value is -1.88. The van der Waals surface area contributed by atoms with Gasteiger partial charge in [-0.15, -0.1) is 11.3 Å². The van der Waals surface area contributed by atoms with E-state index in [1.807, 2.05) is 25.1 Å². The fourth-order valence-electron chi connectivity index (χ4n) is 2.84. The topological polar surface area (TPSA) is 55.4 Å². The van der Waals surface area contributed by atoms with Gasteiger partial charge >= 0.3 is 5.97 Å². The zero-order valence-electron chi connectivity index (χ0n) is 12.1. The van der Waals surface area contributed by atoms with Crippen LogP contribution in [0.5, 0.6) is 0 Å². The van der Waals surface area contributed by atoms with Crippen LogP contribution in [0.4, 0.5) is 5.69 Å². The normalized spacial score (nSPS) is 16.8. The Morgan fingerprint density at radius 2 is 2.19 bits per heavy atom. The van der Waals surface area contributed by atoms with Crippen molar-refractivity contribution in [1.82, 2.24) is 0 Å². The minimum Gasteiger partial charge on any atom is -0.466 e. The Labute approximate surface area is 127 Å². The van der Waals surface area contributed by atoms with Gasteiger partial charge in [-0.25, -0.2) is 0 Å². The van der Waals surface area contributed by atoms with Crippen molar-refractivity contribution in [1.29, 1.82) is 0 Å². The van der Waals surface area contributed by atoms with Crippen molar-refractivity contribution < 1.29 is 14.3 Å². The smallest absolute Gasteiger partial charge is 0.309 e. The molecule has 0 aliphatic heterocycles. The van der Waals surface area contributed by atoms with Crippen molar-refractivity contribution in [2.45, 2.75) is 26.7 Å². The zero-order chi connectivity index (χ0) is 15.0. The Balaban J connectivity index is 1.87. The van der Waals surface area contributed by atoms with Crippen molar-refractivity contribution in [3.05, 3.63) is 28.6 Å². The van der Waals surface area contributed by atoms with Gasteiger partial charge in [0.2, 0.25) is 5.91 Å². The molecule has 1 aromatic carbocycles. The number of nitrogens with one attached hydrogen (secondary N) is 1. The minimum absolute atomic E-state index is 0.0365. The van der Waals surface area contributed by atoms with Gasteiger partial charge in [0, 0.05) is 22.2 Å². The average molecular weight is 303 g/mol. The van der Waals surface area contributed by atoms with E-state index in [0.717, 1.165) is 23.2 Å². The van der Waals surface area contributed by atoms with Crippen LogP contribution >= 0.6 is 11.3 Å². The summed E-state index contributed by atoms with van der Waals surface area (Å²) in [7, 11) is 0. The molecular weight excluding hydrogens is 286 g/mol. The number of hydrogen-bond acceptors (Lipinski definition) is 4. The van der Waals surface area contributed by atoms with E-state index in [1.165, 1.54) is 22.8 Å². The molecule has 4 nitrogen and oxygen atoms in total. The van der Waals surface area contributed by atoms with Gasteiger partial charge in [-0.1, -0.05) is 6.07 Å². The minimum atomic E-state index is -0.0936. The summed E-state index contributed by atoms with van der Waals surface area (Å²) in [5.41, 5.74) is 2.08. The molecule has 0 saturated heterocycles. The largest absolute Gasteiger partial charge is 0.466 e. The Bertz CT molecular complexity index is 720. The first-order chi connectivity index (χ1) is 10.1. The van der Waals surface area contributed by atoms with Crippen LogP contribution < -0.4 is 5.32 Å². The van der Waals surface area contributed by atoms with E-state index in [-0.39, 0.29) is 17.8 Å². The molecule has 1 aromatic heterocycles. The number of thiophene rings is 1. The molecule has 0 bridgehead atoms. The molecule has 1 amide bonds. The van der Waals surface area contributed by atoms with E-state index >= 15 is 0 Å². The molecule has 1 aliphatic rings. The van der Waals surface area contributed by atoms with Gasteiger partial charge in [0.15, 0.2) is 0 Å². The second-order valence-corrected chi connectivity index (χ2v) is 6.39. The van der Waals surface area contributed by atoms with Gasteiger partial charge in [-0.3, -0.25) is 9.59 Å². The van der Waals surface area contributed by atoms with Crippen molar-refractivity contribution >= 4 is 39.0 Å². The van der Waals surface area contributed by atoms with Crippen LogP contribution in [0.15, 0.2) is 18.2 Å². The van der Waals surface area contributed by atoms with E-state index in [9.17, 15) is 9.59 Å². The highest BCUT2D eigenvalue weighted by molar-refractivity contribution is 7.19. The molecule has 1 atom stereocenters.